The second-order valence-corrected chi connectivity index (χ2v) is 5.99. The zero-order valence-electron chi connectivity index (χ0n) is 16.0. The van der Waals surface area contributed by atoms with Gasteiger partial charge in [-0.1, -0.05) is 24.3 Å². The second kappa shape index (κ2) is 9.32. The SMILES string of the molecule is COc1ccc2cc(OCC(=O)NNC(=O)Nc3ccccc3OC)ccc2c1. The number of para-hydroxylation sites is 2. The van der Waals surface area contributed by atoms with Crippen LogP contribution in [0.2, 0.25) is 0 Å². The summed E-state index contributed by atoms with van der Waals surface area (Å²) in [5, 5.41) is 4.53. The third-order valence-electron chi connectivity index (χ3n) is 4.06. The Morgan fingerprint density at radius 2 is 1.52 bits per heavy atom. The van der Waals surface area contributed by atoms with Crippen LogP contribution in [0, 0.1) is 0 Å². The van der Waals surface area contributed by atoms with E-state index in [1.807, 2.05) is 30.3 Å². The Balaban J connectivity index is 1.48. The van der Waals surface area contributed by atoms with Gasteiger partial charge in [0.1, 0.15) is 17.2 Å². The van der Waals surface area contributed by atoms with Crippen molar-refractivity contribution in [2.24, 2.45) is 0 Å². The minimum absolute atomic E-state index is 0.253. The minimum Gasteiger partial charge on any atom is -0.497 e. The van der Waals surface area contributed by atoms with Gasteiger partial charge in [-0.3, -0.25) is 10.2 Å². The Labute approximate surface area is 167 Å². The highest BCUT2D eigenvalue weighted by Gasteiger charge is 2.09. The van der Waals surface area contributed by atoms with Gasteiger partial charge in [0.05, 0.1) is 19.9 Å². The topological polar surface area (TPSA) is 97.9 Å². The van der Waals surface area contributed by atoms with Crippen molar-refractivity contribution in [2.75, 3.05) is 26.1 Å². The summed E-state index contributed by atoms with van der Waals surface area (Å²) in [6, 6.07) is 17.5. The first-order chi connectivity index (χ1) is 14.1. The molecule has 0 aliphatic heterocycles. The summed E-state index contributed by atoms with van der Waals surface area (Å²) < 4.78 is 15.8. The molecule has 3 N–H and O–H groups in total. The Hall–Kier alpha value is -3.94. The molecule has 0 aliphatic carbocycles. The van der Waals surface area contributed by atoms with Crippen molar-refractivity contribution in [3.8, 4) is 17.2 Å². The van der Waals surface area contributed by atoms with E-state index in [9.17, 15) is 9.59 Å². The predicted octanol–water partition coefficient (Wildman–Crippen LogP) is 3.09. The number of hydrazine groups is 1. The molecule has 150 valence electrons. The lowest BCUT2D eigenvalue weighted by molar-refractivity contribution is -0.123. The summed E-state index contributed by atoms with van der Waals surface area (Å²) in [7, 11) is 3.11. The van der Waals surface area contributed by atoms with Crippen molar-refractivity contribution < 1.29 is 23.8 Å². The van der Waals surface area contributed by atoms with Crippen LogP contribution >= 0.6 is 0 Å². The van der Waals surface area contributed by atoms with Crippen LogP contribution < -0.4 is 30.4 Å². The lowest BCUT2D eigenvalue weighted by Crippen LogP contribution is -2.45. The van der Waals surface area contributed by atoms with Gasteiger partial charge in [0.15, 0.2) is 6.61 Å². The lowest BCUT2D eigenvalue weighted by atomic mass is 10.1. The highest BCUT2D eigenvalue weighted by Crippen LogP contribution is 2.25. The van der Waals surface area contributed by atoms with E-state index < -0.39 is 11.9 Å². The van der Waals surface area contributed by atoms with Gasteiger partial charge >= 0.3 is 6.03 Å². The summed E-state index contributed by atoms with van der Waals surface area (Å²) in [5.41, 5.74) is 5.02. The maximum atomic E-state index is 11.9. The number of hydrogen-bond acceptors (Lipinski definition) is 5. The van der Waals surface area contributed by atoms with E-state index in [0.29, 0.717) is 17.2 Å². The maximum absolute atomic E-state index is 11.9. The number of carbonyl (C=O) groups excluding carboxylic acids is 2. The Kier molecular flexibility index (Phi) is 6.36. The summed E-state index contributed by atoms with van der Waals surface area (Å²) in [4.78, 5) is 23.8. The Bertz CT molecular complexity index is 1020. The van der Waals surface area contributed by atoms with Crippen molar-refractivity contribution in [1.29, 1.82) is 0 Å². The van der Waals surface area contributed by atoms with E-state index >= 15 is 0 Å². The standard InChI is InChI=1S/C21H21N3O5/c1-27-16-9-7-15-12-17(10-8-14(15)11-16)29-13-20(25)23-24-21(26)22-18-5-3-4-6-19(18)28-2/h3-12H,13H2,1-2H3,(H,23,25)(H2,22,24,26). The average molecular weight is 395 g/mol. The fourth-order valence-corrected chi connectivity index (χ4v) is 2.63. The van der Waals surface area contributed by atoms with Gasteiger partial charge in [-0.2, -0.15) is 0 Å². The van der Waals surface area contributed by atoms with Crippen molar-refractivity contribution >= 4 is 28.4 Å². The van der Waals surface area contributed by atoms with Crippen molar-refractivity contribution in [3.05, 3.63) is 60.7 Å². The minimum atomic E-state index is -0.609. The van der Waals surface area contributed by atoms with Crippen LogP contribution in [-0.4, -0.2) is 32.8 Å². The second-order valence-electron chi connectivity index (χ2n) is 5.99. The summed E-state index contributed by atoms with van der Waals surface area (Å²) in [6.07, 6.45) is 0. The molecule has 3 rings (SSSR count). The molecule has 0 bridgehead atoms. The highest BCUT2D eigenvalue weighted by molar-refractivity contribution is 5.92. The average Bonchev–Trinajstić information content (AvgIpc) is 2.76. The number of rotatable bonds is 6. The Morgan fingerprint density at radius 3 is 2.24 bits per heavy atom. The van der Waals surface area contributed by atoms with Crippen LogP contribution in [0.1, 0.15) is 0 Å². The molecular formula is C21H21N3O5. The molecule has 0 radical (unpaired) electrons. The van der Waals surface area contributed by atoms with Crippen LogP contribution in [0.4, 0.5) is 10.5 Å². The third kappa shape index (κ3) is 5.29. The van der Waals surface area contributed by atoms with Crippen LogP contribution in [0.15, 0.2) is 60.7 Å². The molecule has 0 saturated heterocycles. The molecule has 3 amide bonds. The fraction of sp³-hybridized carbons (Fsp3) is 0.143. The van der Waals surface area contributed by atoms with Gasteiger partial charge in [-0.25, -0.2) is 10.2 Å². The zero-order valence-corrected chi connectivity index (χ0v) is 16.0. The van der Waals surface area contributed by atoms with Crippen molar-refractivity contribution in [3.63, 3.8) is 0 Å². The molecule has 0 saturated carbocycles. The molecule has 8 nitrogen and oxygen atoms in total. The summed E-state index contributed by atoms with van der Waals surface area (Å²) >= 11 is 0. The largest absolute Gasteiger partial charge is 0.497 e. The van der Waals surface area contributed by atoms with Crippen LogP contribution in [-0.2, 0) is 4.79 Å². The Morgan fingerprint density at radius 1 is 0.828 bits per heavy atom. The van der Waals surface area contributed by atoms with Gasteiger partial charge in [-0.05, 0) is 47.2 Å². The quantitative estimate of drug-likeness (QED) is 0.557. The van der Waals surface area contributed by atoms with Gasteiger partial charge in [0, 0.05) is 0 Å². The van der Waals surface area contributed by atoms with E-state index in [4.69, 9.17) is 14.2 Å². The number of benzene rings is 3. The number of carbonyl (C=O) groups is 2. The van der Waals surface area contributed by atoms with Crippen molar-refractivity contribution in [1.82, 2.24) is 10.9 Å². The molecule has 0 spiro atoms. The molecule has 0 aromatic heterocycles. The van der Waals surface area contributed by atoms with E-state index in [-0.39, 0.29) is 6.61 Å². The molecule has 3 aromatic rings. The van der Waals surface area contributed by atoms with Gasteiger partial charge in [-0.15, -0.1) is 0 Å². The van der Waals surface area contributed by atoms with E-state index in [1.54, 1.807) is 37.4 Å². The molecular weight excluding hydrogens is 374 g/mol. The number of methoxy groups -OCH3 is 2. The maximum Gasteiger partial charge on any atom is 0.338 e. The van der Waals surface area contributed by atoms with E-state index in [2.05, 4.69) is 16.2 Å². The number of hydrogen-bond donors (Lipinski definition) is 3. The van der Waals surface area contributed by atoms with Crippen LogP contribution in [0.5, 0.6) is 17.2 Å². The number of anilines is 1. The smallest absolute Gasteiger partial charge is 0.338 e. The van der Waals surface area contributed by atoms with E-state index in [1.165, 1.54) is 7.11 Å². The normalized spacial score (nSPS) is 10.1. The molecule has 0 fully saturated rings. The predicted molar refractivity (Wildman–Crippen MR) is 109 cm³/mol. The fourth-order valence-electron chi connectivity index (χ4n) is 2.63. The van der Waals surface area contributed by atoms with Gasteiger partial charge in [0.25, 0.3) is 5.91 Å². The van der Waals surface area contributed by atoms with Gasteiger partial charge < -0.3 is 19.5 Å². The molecule has 0 unspecified atom stereocenters. The number of ether oxygens (including phenoxy) is 3. The number of amides is 3. The molecule has 0 atom stereocenters. The molecule has 0 heterocycles. The first-order valence-electron chi connectivity index (χ1n) is 8.78. The highest BCUT2D eigenvalue weighted by atomic mass is 16.5. The number of fused-ring (bicyclic) bond motifs is 1. The molecule has 3 aromatic carbocycles. The van der Waals surface area contributed by atoms with Crippen molar-refractivity contribution in [2.45, 2.75) is 0 Å². The van der Waals surface area contributed by atoms with Crippen LogP contribution in [0.25, 0.3) is 10.8 Å². The molecule has 8 heteroatoms. The number of urea groups is 1. The number of nitrogens with one attached hydrogen (secondary N) is 3. The molecule has 29 heavy (non-hydrogen) atoms. The molecule has 0 aliphatic rings. The zero-order chi connectivity index (χ0) is 20.6. The van der Waals surface area contributed by atoms with Gasteiger partial charge in [0.2, 0.25) is 0 Å². The first kappa shape index (κ1) is 19.8. The van der Waals surface area contributed by atoms with E-state index in [0.717, 1.165) is 16.5 Å². The third-order valence-corrected chi connectivity index (χ3v) is 4.06. The first-order valence-corrected chi connectivity index (χ1v) is 8.78. The summed E-state index contributed by atoms with van der Waals surface area (Å²) in [6.45, 7) is -0.253. The monoisotopic (exact) mass is 395 g/mol. The summed E-state index contributed by atoms with van der Waals surface area (Å²) in [5.74, 6) is 1.31. The van der Waals surface area contributed by atoms with Crippen LogP contribution in [0.3, 0.4) is 0 Å². The lowest BCUT2D eigenvalue weighted by Gasteiger charge is -2.12.